The van der Waals surface area contributed by atoms with E-state index in [4.69, 9.17) is 9.08 Å². The molecule has 0 fully saturated rings. The van der Waals surface area contributed by atoms with Crippen LogP contribution < -0.4 is 0 Å². The molecule has 1 heterocycles. The summed E-state index contributed by atoms with van der Waals surface area (Å²) in [6.45, 7) is 1.70. The number of rotatable bonds is 3. The van der Waals surface area contributed by atoms with Gasteiger partial charge in [-0.05, 0) is 47.2 Å². The lowest BCUT2D eigenvalue weighted by Gasteiger charge is -2.02. The van der Waals surface area contributed by atoms with Gasteiger partial charge in [0.25, 0.3) is 10.1 Å². The molecule has 2 rings (SSSR count). The molecular weight excluding hydrogens is 369 g/mol. The van der Waals surface area contributed by atoms with E-state index in [1.807, 2.05) is 24.3 Å². The van der Waals surface area contributed by atoms with Gasteiger partial charge < -0.3 is 4.52 Å². The zero-order valence-corrected chi connectivity index (χ0v) is 12.4. The number of hydrogen-bond donors (Lipinski definition) is 1. The maximum atomic E-state index is 10.9. The molecule has 0 atom stereocenters. The Bertz CT molecular complexity index is 661. The third-order valence-corrected chi connectivity index (χ3v) is 3.74. The lowest BCUT2D eigenvalue weighted by Crippen LogP contribution is -2.03. The smallest absolute Gasteiger partial charge is 0.270 e. The standard InChI is InChI=1S/C11H10INO4S/c1-7-11(8-2-4-9(12)5-3-8)10(13-17-7)6-18(14,15)16/h2-5H,6H2,1H3,(H,14,15,16). The average molecular weight is 379 g/mol. The molecule has 7 heteroatoms. The van der Waals surface area contributed by atoms with Crippen LogP contribution in [0.2, 0.25) is 0 Å². The van der Waals surface area contributed by atoms with Gasteiger partial charge in [-0.3, -0.25) is 4.55 Å². The lowest BCUT2D eigenvalue weighted by molar-refractivity contribution is 0.391. The summed E-state index contributed by atoms with van der Waals surface area (Å²) >= 11 is 2.18. The first-order valence-electron chi connectivity index (χ1n) is 5.03. The molecule has 0 radical (unpaired) electrons. The van der Waals surface area contributed by atoms with E-state index in [1.54, 1.807) is 6.92 Å². The first-order chi connectivity index (χ1) is 8.37. The van der Waals surface area contributed by atoms with Gasteiger partial charge in [0, 0.05) is 9.13 Å². The molecular formula is C11H10INO4S. The van der Waals surface area contributed by atoms with E-state index in [0.717, 1.165) is 9.13 Å². The zero-order chi connectivity index (χ0) is 13.3. The van der Waals surface area contributed by atoms with Gasteiger partial charge in [0.2, 0.25) is 0 Å². The molecule has 2 aromatic rings. The fraction of sp³-hybridized carbons (Fsp3) is 0.182. The fourth-order valence-electron chi connectivity index (χ4n) is 1.68. The highest BCUT2D eigenvalue weighted by Crippen LogP contribution is 2.28. The van der Waals surface area contributed by atoms with Crippen molar-refractivity contribution in [2.24, 2.45) is 0 Å². The Morgan fingerprint density at radius 3 is 2.50 bits per heavy atom. The molecule has 0 aliphatic carbocycles. The Morgan fingerprint density at radius 1 is 1.33 bits per heavy atom. The Morgan fingerprint density at radius 2 is 1.94 bits per heavy atom. The molecule has 5 nitrogen and oxygen atoms in total. The van der Waals surface area contributed by atoms with Gasteiger partial charge in [0.15, 0.2) is 0 Å². The maximum absolute atomic E-state index is 10.9. The number of benzene rings is 1. The third kappa shape index (κ3) is 3.09. The van der Waals surface area contributed by atoms with Crippen LogP contribution in [0, 0.1) is 10.5 Å². The van der Waals surface area contributed by atoms with Crippen molar-refractivity contribution in [2.75, 3.05) is 0 Å². The molecule has 1 aromatic carbocycles. The van der Waals surface area contributed by atoms with Crippen molar-refractivity contribution in [3.05, 3.63) is 39.3 Å². The van der Waals surface area contributed by atoms with E-state index in [1.165, 1.54) is 0 Å². The fourth-order valence-corrected chi connectivity index (χ4v) is 2.58. The highest BCUT2D eigenvalue weighted by Gasteiger charge is 2.19. The summed E-state index contributed by atoms with van der Waals surface area (Å²) in [5.74, 6) is -0.0269. The summed E-state index contributed by atoms with van der Waals surface area (Å²) in [5, 5.41) is 3.68. The predicted octanol–water partition coefficient (Wildman–Crippen LogP) is 2.64. The van der Waals surface area contributed by atoms with Crippen molar-refractivity contribution in [1.29, 1.82) is 0 Å². The van der Waals surface area contributed by atoms with Crippen LogP contribution in [0.1, 0.15) is 11.5 Å². The topological polar surface area (TPSA) is 80.4 Å². The summed E-state index contributed by atoms with van der Waals surface area (Å²) < 4.78 is 36.8. The number of aryl methyl sites for hydroxylation is 1. The van der Waals surface area contributed by atoms with Crippen LogP contribution in [-0.4, -0.2) is 18.1 Å². The lowest BCUT2D eigenvalue weighted by atomic mass is 10.0. The van der Waals surface area contributed by atoms with Crippen molar-refractivity contribution in [3.8, 4) is 11.1 Å². The molecule has 0 amide bonds. The predicted molar refractivity (Wildman–Crippen MR) is 74.6 cm³/mol. The highest BCUT2D eigenvalue weighted by molar-refractivity contribution is 14.1. The molecule has 1 aromatic heterocycles. The Kier molecular flexibility index (Phi) is 3.74. The molecule has 96 valence electrons. The SMILES string of the molecule is Cc1onc(CS(=O)(=O)O)c1-c1ccc(I)cc1. The summed E-state index contributed by atoms with van der Waals surface area (Å²) in [6, 6.07) is 7.52. The molecule has 0 bridgehead atoms. The molecule has 1 N–H and O–H groups in total. The number of aromatic nitrogens is 1. The number of halogens is 1. The van der Waals surface area contributed by atoms with Crippen LogP contribution in [0.25, 0.3) is 11.1 Å². The van der Waals surface area contributed by atoms with Crippen LogP contribution in [0.3, 0.4) is 0 Å². The van der Waals surface area contributed by atoms with Crippen LogP contribution in [0.5, 0.6) is 0 Å². The molecule has 0 saturated carbocycles. The molecule has 0 aliphatic rings. The Hall–Kier alpha value is -0.930. The second-order valence-corrected chi connectivity index (χ2v) is 6.49. The van der Waals surface area contributed by atoms with Crippen molar-refractivity contribution in [3.63, 3.8) is 0 Å². The van der Waals surface area contributed by atoms with Crippen molar-refractivity contribution >= 4 is 32.7 Å². The normalized spacial score (nSPS) is 11.7. The monoisotopic (exact) mass is 379 g/mol. The number of hydrogen-bond acceptors (Lipinski definition) is 4. The third-order valence-electron chi connectivity index (χ3n) is 2.39. The minimum Gasteiger partial charge on any atom is -0.361 e. The largest absolute Gasteiger partial charge is 0.361 e. The van der Waals surface area contributed by atoms with Crippen LogP contribution in [0.4, 0.5) is 0 Å². The first-order valence-corrected chi connectivity index (χ1v) is 7.72. The molecule has 18 heavy (non-hydrogen) atoms. The van der Waals surface area contributed by atoms with E-state index in [2.05, 4.69) is 27.7 Å². The van der Waals surface area contributed by atoms with Crippen molar-refractivity contribution < 1.29 is 17.5 Å². The molecule has 0 saturated heterocycles. The first kappa shape index (κ1) is 13.5. The van der Waals surface area contributed by atoms with Gasteiger partial charge in [-0.2, -0.15) is 8.42 Å². The van der Waals surface area contributed by atoms with Crippen molar-refractivity contribution in [2.45, 2.75) is 12.7 Å². The van der Waals surface area contributed by atoms with Gasteiger partial charge in [-0.15, -0.1) is 0 Å². The van der Waals surface area contributed by atoms with Crippen LogP contribution >= 0.6 is 22.6 Å². The second kappa shape index (κ2) is 4.98. The van der Waals surface area contributed by atoms with Crippen LogP contribution in [-0.2, 0) is 15.9 Å². The summed E-state index contributed by atoms with van der Waals surface area (Å²) in [5.41, 5.74) is 1.65. The summed E-state index contributed by atoms with van der Waals surface area (Å²) in [7, 11) is -4.13. The molecule has 0 spiro atoms. The van der Waals surface area contributed by atoms with Gasteiger partial charge in [-0.25, -0.2) is 0 Å². The number of nitrogens with zero attached hydrogens (tertiary/aromatic N) is 1. The van der Waals surface area contributed by atoms with Crippen molar-refractivity contribution in [1.82, 2.24) is 5.16 Å². The van der Waals surface area contributed by atoms with E-state index >= 15 is 0 Å². The van der Waals surface area contributed by atoms with E-state index in [-0.39, 0.29) is 5.69 Å². The minimum absolute atomic E-state index is 0.219. The van der Waals surface area contributed by atoms with E-state index < -0.39 is 15.9 Å². The zero-order valence-electron chi connectivity index (χ0n) is 9.42. The Balaban J connectivity index is 2.50. The molecule has 0 aliphatic heterocycles. The average Bonchev–Trinajstić information content (AvgIpc) is 2.59. The quantitative estimate of drug-likeness (QED) is 0.655. The van der Waals surface area contributed by atoms with Gasteiger partial charge in [-0.1, -0.05) is 17.3 Å². The highest BCUT2D eigenvalue weighted by atomic mass is 127. The van der Waals surface area contributed by atoms with Gasteiger partial charge in [0.05, 0.1) is 0 Å². The molecule has 0 unspecified atom stereocenters. The van der Waals surface area contributed by atoms with Crippen LogP contribution in [0.15, 0.2) is 28.8 Å². The van der Waals surface area contributed by atoms with Gasteiger partial charge in [0.1, 0.15) is 17.2 Å². The van der Waals surface area contributed by atoms with Gasteiger partial charge >= 0.3 is 0 Å². The second-order valence-electron chi connectivity index (χ2n) is 3.79. The van der Waals surface area contributed by atoms with E-state index in [9.17, 15) is 8.42 Å². The minimum atomic E-state index is -4.13. The summed E-state index contributed by atoms with van der Waals surface area (Å²) in [4.78, 5) is 0. The Labute approximate surface area is 118 Å². The summed E-state index contributed by atoms with van der Waals surface area (Å²) in [6.07, 6.45) is 0. The van der Waals surface area contributed by atoms with E-state index in [0.29, 0.717) is 11.3 Å². The maximum Gasteiger partial charge on any atom is 0.270 e.